The van der Waals surface area contributed by atoms with E-state index in [0.717, 1.165) is 32.0 Å². The zero-order valence-electron chi connectivity index (χ0n) is 21.7. The molecule has 0 saturated carbocycles. The summed E-state index contributed by atoms with van der Waals surface area (Å²) in [4.78, 5) is 28.0. The number of rotatable bonds is 10. The lowest BCUT2D eigenvalue weighted by atomic mass is 10.1. The first-order valence-electron chi connectivity index (χ1n) is 12.1. The zero-order chi connectivity index (χ0) is 28.0. The Kier molecular flexibility index (Phi) is 9.67. The highest BCUT2D eigenvalue weighted by atomic mass is 79.9. The highest BCUT2D eigenvalue weighted by molar-refractivity contribution is 9.10. The van der Waals surface area contributed by atoms with Crippen molar-refractivity contribution in [2.45, 2.75) is 51.2 Å². The van der Waals surface area contributed by atoms with Gasteiger partial charge in [0.05, 0.1) is 10.6 Å². The number of carbonyl (C=O) groups is 2. The molecule has 0 aliphatic heterocycles. The molecule has 202 valence electrons. The Morgan fingerprint density at radius 1 is 0.921 bits per heavy atom. The van der Waals surface area contributed by atoms with E-state index in [1.54, 1.807) is 19.1 Å². The minimum Gasteiger partial charge on any atom is -0.352 e. The number of carbonyl (C=O) groups excluding carboxylic acids is 2. The highest BCUT2D eigenvalue weighted by Crippen LogP contribution is 2.25. The smallest absolute Gasteiger partial charge is 0.264 e. The van der Waals surface area contributed by atoms with E-state index in [1.807, 2.05) is 45.0 Å². The summed E-state index contributed by atoms with van der Waals surface area (Å²) in [7, 11) is -4.20. The molecule has 0 aliphatic carbocycles. The Labute approximate surface area is 231 Å². The molecule has 1 N–H and O–H groups in total. The third-order valence-electron chi connectivity index (χ3n) is 5.87. The van der Waals surface area contributed by atoms with E-state index in [1.165, 1.54) is 29.2 Å². The Bertz CT molecular complexity index is 1360. The summed E-state index contributed by atoms with van der Waals surface area (Å²) < 4.78 is 42.9. The standard InChI is InChI=1S/C28H31BrFN3O4S/c1-19(2)31-28(35)21(4)32(17-22-7-9-23(29)10-8-22)27(34)18-33(25-13-11-24(30)12-14-25)38(36,37)26-15-5-20(3)6-16-26/h5-16,19,21H,17-18H2,1-4H3,(H,31,35)/t21-/m1/s1. The van der Waals surface area contributed by atoms with E-state index >= 15 is 0 Å². The quantitative estimate of drug-likeness (QED) is 0.352. The minimum absolute atomic E-state index is 0.00900. The number of amides is 2. The molecule has 0 heterocycles. The van der Waals surface area contributed by atoms with Crippen LogP contribution < -0.4 is 9.62 Å². The van der Waals surface area contributed by atoms with Gasteiger partial charge in [-0.25, -0.2) is 12.8 Å². The summed E-state index contributed by atoms with van der Waals surface area (Å²) in [6, 6.07) is 17.4. The van der Waals surface area contributed by atoms with Crippen molar-refractivity contribution < 1.29 is 22.4 Å². The average molecular weight is 605 g/mol. The van der Waals surface area contributed by atoms with Gasteiger partial charge in [0.15, 0.2) is 0 Å². The van der Waals surface area contributed by atoms with Gasteiger partial charge in [-0.15, -0.1) is 0 Å². The maximum Gasteiger partial charge on any atom is 0.264 e. The predicted molar refractivity (Wildman–Crippen MR) is 150 cm³/mol. The van der Waals surface area contributed by atoms with Crippen LogP contribution in [0.25, 0.3) is 0 Å². The third kappa shape index (κ3) is 7.41. The normalized spacial score (nSPS) is 12.2. The summed E-state index contributed by atoms with van der Waals surface area (Å²) in [6.45, 7) is 6.57. The van der Waals surface area contributed by atoms with Crippen LogP contribution >= 0.6 is 15.9 Å². The van der Waals surface area contributed by atoms with E-state index in [2.05, 4.69) is 21.2 Å². The molecule has 0 unspecified atom stereocenters. The van der Waals surface area contributed by atoms with E-state index in [-0.39, 0.29) is 29.1 Å². The lowest BCUT2D eigenvalue weighted by Gasteiger charge is -2.32. The summed E-state index contributed by atoms with van der Waals surface area (Å²) in [5.41, 5.74) is 1.77. The highest BCUT2D eigenvalue weighted by Gasteiger charge is 2.32. The lowest BCUT2D eigenvalue weighted by Crippen LogP contribution is -2.52. The molecule has 3 aromatic rings. The molecule has 7 nitrogen and oxygen atoms in total. The second-order valence-corrected chi connectivity index (χ2v) is 12.1. The molecule has 38 heavy (non-hydrogen) atoms. The fourth-order valence-corrected chi connectivity index (χ4v) is 5.43. The van der Waals surface area contributed by atoms with Gasteiger partial charge in [-0.2, -0.15) is 0 Å². The van der Waals surface area contributed by atoms with Crippen LogP contribution in [-0.2, 0) is 26.2 Å². The number of nitrogens with one attached hydrogen (secondary N) is 1. The molecule has 3 aromatic carbocycles. The molecule has 2 amide bonds. The third-order valence-corrected chi connectivity index (χ3v) is 8.18. The molecule has 0 aromatic heterocycles. The summed E-state index contributed by atoms with van der Waals surface area (Å²) >= 11 is 3.39. The van der Waals surface area contributed by atoms with Crippen molar-refractivity contribution in [3.05, 3.63) is 94.2 Å². The van der Waals surface area contributed by atoms with Gasteiger partial charge in [-0.3, -0.25) is 13.9 Å². The number of anilines is 1. The summed E-state index contributed by atoms with van der Waals surface area (Å²) in [5, 5.41) is 2.81. The van der Waals surface area contributed by atoms with Crippen LogP contribution in [0.1, 0.15) is 31.9 Å². The summed E-state index contributed by atoms with van der Waals surface area (Å²) in [6.07, 6.45) is 0. The van der Waals surface area contributed by atoms with Crippen LogP contribution in [0.4, 0.5) is 10.1 Å². The maximum atomic E-state index is 13.8. The Morgan fingerprint density at radius 3 is 2.05 bits per heavy atom. The topological polar surface area (TPSA) is 86.8 Å². The fraction of sp³-hybridized carbons (Fsp3) is 0.286. The van der Waals surface area contributed by atoms with Crippen molar-refractivity contribution >= 4 is 43.5 Å². The van der Waals surface area contributed by atoms with Gasteiger partial charge in [0.1, 0.15) is 18.4 Å². The first kappa shape index (κ1) is 29.3. The SMILES string of the molecule is Cc1ccc(S(=O)(=O)N(CC(=O)N(Cc2ccc(Br)cc2)[C@H](C)C(=O)NC(C)C)c2ccc(F)cc2)cc1. The van der Waals surface area contributed by atoms with E-state index in [9.17, 15) is 22.4 Å². The van der Waals surface area contributed by atoms with Crippen molar-refractivity contribution in [3.63, 3.8) is 0 Å². The molecule has 1 atom stereocenters. The number of hydrogen-bond acceptors (Lipinski definition) is 4. The molecule has 0 saturated heterocycles. The number of sulfonamides is 1. The average Bonchev–Trinajstić information content (AvgIpc) is 2.87. The van der Waals surface area contributed by atoms with Gasteiger partial charge in [-0.05, 0) is 81.8 Å². The van der Waals surface area contributed by atoms with Gasteiger partial charge in [0.25, 0.3) is 10.0 Å². The van der Waals surface area contributed by atoms with Gasteiger partial charge >= 0.3 is 0 Å². The number of aryl methyl sites for hydroxylation is 1. The molecular weight excluding hydrogens is 573 g/mol. The fourth-order valence-electron chi connectivity index (χ4n) is 3.75. The minimum atomic E-state index is -4.20. The molecule has 0 radical (unpaired) electrons. The second-order valence-electron chi connectivity index (χ2n) is 9.29. The molecule has 3 rings (SSSR count). The number of hydrogen-bond donors (Lipinski definition) is 1. The number of nitrogens with zero attached hydrogens (tertiary/aromatic N) is 2. The largest absolute Gasteiger partial charge is 0.352 e. The lowest BCUT2D eigenvalue weighted by molar-refractivity contribution is -0.139. The second kappa shape index (κ2) is 12.5. The Morgan fingerprint density at radius 2 is 1.50 bits per heavy atom. The van der Waals surface area contributed by atoms with Crippen molar-refractivity contribution in [2.75, 3.05) is 10.8 Å². The van der Waals surface area contributed by atoms with Gasteiger partial charge in [0, 0.05) is 17.1 Å². The molecule has 0 spiro atoms. The molecule has 0 bridgehead atoms. The maximum absolute atomic E-state index is 13.8. The van der Waals surface area contributed by atoms with Gasteiger partial charge < -0.3 is 10.2 Å². The molecular formula is C28H31BrFN3O4S. The monoisotopic (exact) mass is 603 g/mol. The zero-order valence-corrected chi connectivity index (χ0v) is 24.1. The number of halogens is 2. The van der Waals surface area contributed by atoms with Gasteiger partial charge in [0.2, 0.25) is 11.8 Å². The van der Waals surface area contributed by atoms with Crippen LogP contribution in [0, 0.1) is 12.7 Å². The first-order valence-corrected chi connectivity index (χ1v) is 14.3. The number of benzene rings is 3. The van der Waals surface area contributed by atoms with Crippen molar-refractivity contribution in [1.29, 1.82) is 0 Å². The molecule has 0 fully saturated rings. The molecule has 10 heteroatoms. The van der Waals surface area contributed by atoms with Crippen LogP contribution in [0.5, 0.6) is 0 Å². The van der Waals surface area contributed by atoms with E-state index in [0.29, 0.717) is 0 Å². The first-order chi connectivity index (χ1) is 17.9. The van der Waals surface area contributed by atoms with Crippen LogP contribution in [0.15, 0.2) is 82.2 Å². The Balaban J connectivity index is 2.02. The van der Waals surface area contributed by atoms with Crippen LogP contribution in [-0.4, -0.2) is 43.8 Å². The van der Waals surface area contributed by atoms with Gasteiger partial charge in [-0.1, -0.05) is 45.8 Å². The Hall–Kier alpha value is -3.24. The van der Waals surface area contributed by atoms with Crippen molar-refractivity contribution in [1.82, 2.24) is 10.2 Å². The van der Waals surface area contributed by atoms with E-state index < -0.39 is 34.3 Å². The van der Waals surface area contributed by atoms with Crippen LogP contribution in [0.3, 0.4) is 0 Å². The predicted octanol–water partition coefficient (Wildman–Crippen LogP) is 5.03. The molecule has 0 aliphatic rings. The van der Waals surface area contributed by atoms with E-state index in [4.69, 9.17) is 0 Å². The van der Waals surface area contributed by atoms with Crippen LogP contribution in [0.2, 0.25) is 0 Å². The summed E-state index contributed by atoms with van der Waals surface area (Å²) in [5.74, 6) is -1.48. The van der Waals surface area contributed by atoms with Crippen molar-refractivity contribution in [3.8, 4) is 0 Å². The van der Waals surface area contributed by atoms with Crippen molar-refractivity contribution in [2.24, 2.45) is 0 Å².